The predicted molar refractivity (Wildman–Crippen MR) is 61.9 cm³/mol. The fraction of sp³-hybridized carbons (Fsp3) is 0.909. The van der Waals surface area contributed by atoms with Gasteiger partial charge in [-0.2, -0.15) is 0 Å². The van der Waals surface area contributed by atoms with Gasteiger partial charge in [0.2, 0.25) is 0 Å². The maximum Gasteiger partial charge on any atom is 0.324 e. The Bertz CT molecular complexity index is 174. The number of hydrogen-bond acceptors (Lipinski definition) is 4. The average Bonchev–Trinajstić information content (AvgIpc) is 2.28. The van der Waals surface area contributed by atoms with Crippen molar-refractivity contribution in [3.8, 4) is 0 Å². The first-order chi connectivity index (χ1) is 7.19. The average molecular weight is 216 g/mol. The largest absolute Gasteiger partial charge is 0.468 e. The zero-order valence-electron chi connectivity index (χ0n) is 10.4. The second-order valence-corrected chi connectivity index (χ2v) is 3.61. The first kappa shape index (κ1) is 14.4. The molecule has 0 fully saturated rings. The molecule has 1 atom stereocenters. The molecule has 4 nitrogen and oxygen atoms in total. The number of ether oxygens (including phenoxy) is 1. The number of hydrogen-bond donors (Lipinski definition) is 1. The minimum absolute atomic E-state index is 0.188. The standard InChI is InChI=1S/C11H24N2O2/c1-5-7-8-13(6-2)9-10(12-3)11(14)15-4/h10,12H,5-9H2,1-4H3. The van der Waals surface area contributed by atoms with Gasteiger partial charge in [-0.1, -0.05) is 20.3 Å². The molecular weight excluding hydrogens is 192 g/mol. The van der Waals surface area contributed by atoms with E-state index in [1.54, 1.807) is 7.05 Å². The summed E-state index contributed by atoms with van der Waals surface area (Å²) < 4.78 is 4.72. The highest BCUT2D eigenvalue weighted by atomic mass is 16.5. The van der Waals surface area contributed by atoms with Crippen LogP contribution in [-0.4, -0.2) is 50.7 Å². The van der Waals surface area contributed by atoms with E-state index in [4.69, 9.17) is 4.74 Å². The van der Waals surface area contributed by atoms with Crippen molar-refractivity contribution in [1.29, 1.82) is 0 Å². The summed E-state index contributed by atoms with van der Waals surface area (Å²) in [6.45, 7) is 7.01. The van der Waals surface area contributed by atoms with Gasteiger partial charge in [-0.25, -0.2) is 0 Å². The van der Waals surface area contributed by atoms with Gasteiger partial charge < -0.3 is 15.0 Å². The zero-order valence-corrected chi connectivity index (χ0v) is 10.4. The van der Waals surface area contributed by atoms with Gasteiger partial charge in [-0.3, -0.25) is 4.79 Å². The smallest absolute Gasteiger partial charge is 0.324 e. The first-order valence-electron chi connectivity index (χ1n) is 5.66. The van der Waals surface area contributed by atoms with Crippen LogP contribution in [0.4, 0.5) is 0 Å². The van der Waals surface area contributed by atoms with Crippen molar-refractivity contribution < 1.29 is 9.53 Å². The molecule has 0 saturated heterocycles. The van der Waals surface area contributed by atoms with E-state index < -0.39 is 0 Å². The molecule has 0 bridgehead atoms. The van der Waals surface area contributed by atoms with Crippen molar-refractivity contribution in [3.63, 3.8) is 0 Å². The molecular formula is C11H24N2O2. The number of carbonyl (C=O) groups excluding carboxylic acids is 1. The Hall–Kier alpha value is -0.610. The van der Waals surface area contributed by atoms with Crippen molar-refractivity contribution in [1.82, 2.24) is 10.2 Å². The molecule has 0 aromatic carbocycles. The summed E-state index contributed by atoms with van der Waals surface area (Å²) in [5.74, 6) is -0.188. The molecule has 1 unspecified atom stereocenters. The van der Waals surface area contributed by atoms with Crippen molar-refractivity contribution in [3.05, 3.63) is 0 Å². The predicted octanol–water partition coefficient (Wildman–Crippen LogP) is 0.869. The molecule has 4 heteroatoms. The van der Waals surface area contributed by atoms with Crippen LogP contribution in [0.15, 0.2) is 0 Å². The van der Waals surface area contributed by atoms with Gasteiger partial charge in [0.1, 0.15) is 6.04 Å². The van der Waals surface area contributed by atoms with Crippen molar-refractivity contribution in [2.75, 3.05) is 33.8 Å². The lowest BCUT2D eigenvalue weighted by Gasteiger charge is -2.24. The van der Waals surface area contributed by atoms with Gasteiger partial charge in [-0.15, -0.1) is 0 Å². The first-order valence-corrected chi connectivity index (χ1v) is 5.66. The van der Waals surface area contributed by atoms with Crippen molar-refractivity contribution in [2.24, 2.45) is 0 Å². The minimum atomic E-state index is -0.216. The number of carbonyl (C=O) groups is 1. The topological polar surface area (TPSA) is 41.6 Å². The van der Waals surface area contributed by atoms with Gasteiger partial charge in [0, 0.05) is 6.54 Å². The van der Waals surface area contributed by atoms with Gasteiger partial charge in [0.05, 0.1) is 7.11 Å². The molecule has 0 rings (SSSR count). The maximum absolute atomic E-state index is 11.4. The summed E-state index contributed by atoms with van der Waals surface area (Å²) >= 11 is 0. The van der Waals surface area contributed by atoms with Gasteiger partial charge >= 0.3 is 5.97 Å². The van der Waals surface area contributed by atoms with Crippen LogP contribution in [0.3, 0.4) is 0 Å². The van der Waals surface area contributed by atoms with E-state index in [2.05, 4.69) is 24.1 Å². The summed E-state index contributed by atoms with van der Waals surface area (Å²) in [7, 11) is 3.21. The quantitative estimate of drug-likeness (QED) is 0.611. The highest BCUT2D eigenvalue weighted by molar-refractivity contribution is 5.75. The number of nitrogens with one attached hydrogen (secondary N) is 1. The highest BCUT2D eigenvalue weighted by Crippen LogP contribution is 1.98. The fourth-order valence-corrected chi connectivity index (χ4v) is 1.44. The van der Waals surface area contributed by atoms with Gasteiger partial charge in [0.15, 0.2) is 0 Å². The second-order valence-electron chi connectivity index (χ2n) is 3.61. The monoisotopic (exact) mass is 216 g/mol. The fourth-order valence-electron chi connectivity index (χ4n) is 1.44. The van der Waals surface area contributed by atoms with E-state index in [1.165, 1.54) is 20.0 Å². The van der Waals surface area contributed by atoms with Crippen LogP contribution in [0.5, 0.6) is 0 Å². The Morgan fingerprint density at radius 2 is 2.13 bits per heavy atom. The lowest BCUT2D eigenvalue weighted by Crippen LogP contribution is -2.45. The molecule has 0 spiro atoms. The van der Waals surface area contributed by atoms with Crippen LogP contribution in [0.25, 0.3) is 0 Å². The van der Waals surface area contributed by atoms with Crippen LogP contribution >= 0.6 is 0 Å². The van der Waals surface area contributed by atoms with Crippen LogP contribution in [-0.2, 0) is 9.53 Å². The third-order valence-electron chi connectivity index (χ3n) is 2.55. The zero-order chi connectivity index (χ0) is 11.7. The Morgan fingerprint density at radius 1 is 1.47 bits per heavy atom. The summed E-state index contributed by atoms with van der Waals surface area (Å²) in [5.41, 5.74) is 0. The van der Waals surface area contributed by atoms with Crippen molar-refractivity contribution >= 4 is 5.97 Å². The third kappa shape index (κ3) is 5.74. The summed E-state index contributed by atoms with van der Waals surface area (Å²) in [5, 5.41) is 2.98. The number of rotatable bonds is 8. The van der Waals surface area contributed by atoms with E-state index in [0.29, 0.717) is 0 Å². The molecule has 90 valence electrons. The molecule has 1 N–H and O–H groups in total. The maximum atomic E-state index is 11.4. The number of unbranched alkanes of at least 4 members (excludes halogenated alkanes) is 1. The Balaban J connectivity index is 4.05. The molecule has 0 aliphatic heterocycles. The van der Waals surface area contributed by atoms with E-state index in [-0.39, 0.29) is 12.0 Å². The molecule has 15 heavy (non-hydrogen) atoms. The highest BCUT2D eigenvalue weighted by Gasteiger charge is 2.19. The van der Waals surface area contributed by atoms with Gasteiger partial charge in [0.25, 0.3) is 0 Å². The molecule has 0 heterocycles. The molecule has 0 saturated carbocycles. The lowest BCUT2D eigenvalue weighted by molar-refractivity contribution is -0.143. The normalized spacial score (nSPS) is 12.9. The number of likely N-dealkylation sites (N-methyl/N-ethyl adjacent to an activating group) is 2. The summed E-state index contributed by atoms with van der Waals surface area (Å²) in [6, 6.07) is -0.216. The molecule has 0 aromatic heterocycles. The van der Waals surface area contributed by atoms with Crippen LogP contribution in [0.1, 0.15) is 26.7 Å². The van der Waals surface area contributed by atoms with E-state index in [9.17, 15) is 4.79 Å². The van der Waals surface area contributed by atoms with E-state index >= 15 is 0 Å². The van der Waals surface area contributed by atoms with E-state index in [0.717, 1.165) is 19.6 Å². The number of nitrogens with zero attached hydrogens (tertiary/aromatic N) is 1. The molecule has 0 radical (unpaired) electrons. The molecule has 0 aliphatic carbocycles. The Kier molecular flexibility index (Phi) is 8.33. The van der Waals surface area contributed by atoms with Gasteiger partial charge in [-0.05, 0) is 26.6 Å². The number of methoxy groups -OCH3 is 1. The summed E-state index contributed by atoms with van der Waals surface area (Å²) in [6.07, 6.45) is 2.35. The van der Waals surface area contributed by atoms with Crippen LogP contribution < -0.4 is 5.32 Å². The second kappa shape index (κ2) is 8.68. The van der Waals surface area contributed by atoms with Crippen molar-refractivity contribution in [2.45, 2.75) is 32.7 Å². The van der Waals surface area contributed by atoms with Crippen LogP contribution in [0, 0.1) is 0 Å². The lowest BCUT2D eigenvalue weighted by atomic mass is 10.2. The minimum Gasteiger partial charge on any atom is -0.468 e. The Morgan fingerprint density at radius 3 is 2.53 bits per heavy atom. The molecule has 0 aromatic rings. The molecule has 0 aliphatic rings. The van der Waals surface area contributed by atoms with Crippen LogP contribution in [0.2, 0.25) is 0 Å². The molecule has 0 amide bonds. The summed E-state index contributed by atoms with van der Waals surface area (Å²) in [4.78, 5) is 13.6. The third-order valence-corrected chi connectivity index (χ3v) is 2.55. The SMILES string of the molecule is CCCCN(CC)CC(NC)C(=O)OC. The Labute approximate surface area is 93.0 Å². The van der Waals surface area contributed by atoms with E-state index in [1.807, 2.05) is 0 Å². The number of esters is 1.